The number of hydrogen-bond donors (Lipinski definition) is 2. The van der Waals surface area contributed by atoms with Gasteiger partial charge in [0.25, 0.3) is 0 Å². The van der Waals surface area contributed by atoms with Gasteiger partial charge in [0.1, 0.15) is 0 Å². The minimum atomic E-state index is 0.408. The summed E-state index contributed by atoms with van der Waals surface area (Å²) in [6, 6.07) is 12.2. The van der Waals surface area contributed by atoms with Crippen LogP contribution < -0.4 is 5.32 Å². The Morgan fingerprint density at radius 2 is 1.97 bits per heavy atom. The highest BCUT2D eigenvalue weighted by Crippen LogP contribution is 2.28. The van der Waals surface area contributed by atoms with Crippen LogP contribution >= 0.6 is 0 Å². The van der Waals surface area contributed by atoms with Crippen LogP contribution in [0.25, 0.3) is 22.2 Å². The van der Waals surface area contributed by atoms with Crippen LogP contribution in [-0.2, 0) is 11.3 Å². The van der Waals surface area contributed by atoms with Gasteiger partial charge in [0.2, 0.25) is 0 Å². The molecule has 0 aliphatic carbocycles. The van der Waals surface area contributed by atoms with E-state index in [0.717, 1.165) is 55.0 Å². The summed E-state index contributed by atoms with van der Waals surface area (Å²) in [6.45, 7) is 6.21. The van der Waals surface area contributed by atoms with Gasteiger partial charge < -0.3 is 10.1 Å². The van der Waals surface area contributed by atoms with E-state index in [1.54, 1.807) is 0 Å². The molecule has 2 fully saturated rings. The number of nitrogens with one attached hydrogen (secondary N) is 2. The van der Waals surface area contributed by atoms with E-state index in [-0.39, 0.29) is 0 Å². The number of benzene rings is 1. The number of aromatic nitrogens is 3. The molecule has 6 nitrogen and oxygen atoms in total. The third-order valence-electron chi connectivity index (χ3n) is 6.34. The highest BCUT2D eigenvalue weighted by atomic mass is 16.5. The van der Waals surface area contributed by atoms with Crippen LogP contribution in [0.15, 0.2) is 36.5 Å². The highest BCUT2D eigenvalue weighted by molar-refractivity contribution is 5.90. The topological polar surface area (TPSA) is 66.1 Å². The lowest BCUT2D eigenvalue weighted by molar-refractivity contribution is 0.0904. The predicted octanol–water partition coefficient (Wildman–Crippen LogP) is 4.20. The second-order valence-electron chi connectivity index (χ2n) is 8.38. The number of anilines is 1. The molecule has 29 heavy (non-hydrogen) atoms. The summed E-state index contributed by atoms with van der Waals surface area (Å²) in [4.78, 5) is 7.17. The Morgan fingerprint density at radius 1 is 1.14 bits per heavy atom. The van der Waals surface area contributed by atoms with Gasteiger partial charge in [-0.2, -0.15) is 5.10 Å². The van der Waals surface area contributed by atoms with Crippen molar-refractivity contribution < 1.29 is 4.74 Å². The van der Waals surface area contributed by atoms with E-state index < -0.39 is 0 Å². The van der Waals surface area contributed by atoms with Gasteiger partial charge in [0.15, 0.2) is 11.5 Å². The van der Waals surface area contributed by atoms with Crippen LogP contribution in [0.3, 0.4) is 0 Å². The second-order valence-corrected chi connectivity index (χ2v) is 8.38. The Hall–Kier alpha value is -2.44. The van der Waals surface area contributed by atoms with Gasteiger partial charge in [-0.15, -0.1) is 0 Å². The number of pyridine rings is 1. The quantitative estimate of drug-likeness (QED) is 0.682. The molecular formula is C23H29N5O. The minimum Gasteiger partial charge on any atom is -0.381 e. The molecule has 1 aromatic carbocycles. The van der Waals surface area contributed by atoms with E-state index in [1.165, 1.54) is 30.5 Å². The number of likely N-dealkylation sites (tertiary alicyclic amines) is 1. The van der Waals surface area contributed by atoms with Crippen molar-refractivity contribution >= 4 is 16.9 Å². The maximum atomic E-state index is 5.46. The third kappa shape index (κ3) is 4.00. The van der Waals surface area contributed by atoms with E-state index in [2.05, 4.69) is 62.7 Å². The lowest BCUT2D eigenvalue weighted by atomic mass is 10.0. The minimum absolute atomic E-state index is 0.408. The van der Waals surface area contributed by atoms with Crippen molar-refractivity contribution in [1.29, 1.82) is 0 Å². The first-order valence-corrected chi connectivity index (χ1v) is 10.8. The fraction of sp³-hybridized carbons (Fsp3) is 0.478. The van der Waals surface area contributed by atoms with Crippen LogP contribution in [0.4, 0.5) is 5.82 Å². The van der Waals surface area contributed by atoms with E-state index in [4.69, 9.17) is 4.74 Å². The molecule has 2 aliphatic heterocycles. The van der Waals surface area contributed by atoms with Crippen molar-refractivity contribution in [2.24, 2.45) is 0 Å². The molecule has 5 rings (SSSR count). The molecule has 0 amide bonds. The maximum Gasteiger partial charge on any atom is 0.157 e. The number of H-pyrrole nitrogens is 1. The van der Waals surface area contributed by atoms with Gasteiger partial charge in [-0.3, -0.25) is 10.00 Å². The van der Waals surface area contributed by atoms with Crippen molar-refractivity contribution in [1.82, 2.24) is 20.1 Å². The largest absolute Gasteiger partial charge is 0.381 e. The van der Waals surface area contributed by atoms with Crippen molar-refractivity contribution in [3.63, 3.8) is 0 Å². The van der Waals surface area contributed by atoms with Gasteiger partial charge in [0.05, 0.1) is 5.39 Å². The Balaban J connectivity index is 1.34. The first-order chi connectivity index (χ1) is 14.3. The normalized spacial score (nSPS) is 21.1. The molecule has 0 radical (unpaired) electrons. The summed E-state index contributed by atoms with van der Waals surface area (Å²) < 4.78 is 5.46. The molecule has 1 atom stereocenters. The lowest BCUT2D eigenvalue weighted by Crippen LogP contribution is -2.28. The van der Waals surface area contributed by atoms with Crippen LogP contribution in [0.1, 0.15) is 38.2 Å². The molecule has 2 aromatic heterocycles. The standard InChI is InChI=1S/C23H29N5O/c1-16-3-2-10-28(16)15-17-4-6-18(7-5-17)19-13-21-22(24-14-19)26-27-23(21)25-20-8-11-29-12-9-20/h4-7,13-14,16,20H,2-3,8-12,15H2,1H3,(H2,24,25,26,27)/t16-/m1/s1. The van der Waals surface area contributed by atoms with E-state index in [0.29, 0.717) is 12.1 Å². The van der Waals surface area contributed by atoms with Gasteiger partial charge in [-0.25, -0.2) is 4.98 Å². The molecule has 0 saturated carbocycles. The molecule has 2 N–H and O–H groups in total. The Morgan fingerprint density at radius 3 is 2.72 bits per heavy atom. The van der Waals surface area contributed by atoms with Crippen molar-refractivity contribution in [3.05, 3.63) is 42.1 Å². The molecule has 0 unspecified atom stereocenters. The molecule has 2 saturated heterocycles. The second kappa shape index (κ2) is 8.13. The molecule has 4 heterocycles. The van der Waals surface area contributed by atoms with E-state index in [9.17, 15) is 0 Å². The summed E-state index contributed by atoms with van der Waals surface area (Å²) in [7, 11) is 0. The predicted molar refractivity (Wildman–Crippen MR) is 116 cm³/mol. The molecule has 0 spiro atoms. The average Bonchev–Trinajstić information content (AvgIpc) is 3.35. The van der Waals surface area contributed by atoms with Crippen LogP contribution in [0.5, 0.6) is 0 Å². The molecular weight excluding hydrogens is 362 g/mol. The van der Waals surface area contributed by atoms with Gasteiger partial charge >= 0.3 is 0 Å². The zero-order chi connectivity index (χ0) is 19.6. The number of hydrogen-bond acceptors (Lipinski definition) is 5. The Labute approximate surface area is 171 Å². The van der Waals surface area contributed by atoms with E-state index in [1.807, 2.05) is 6.20 Å². The molecule has 0 bridgehead atoms. The van der Waals surface area contributed by atoms with Crippen molar-refractivity contribution in [2.45, 2.75) is 51.2 Å². The number of nitrogens with zero attached hydrogens (tertiary/aromatic N) is 3. The molecule has 3 aromatic rings. The zero-order valence-corrected chi connectivity index (χ0v) is 17.0. The van der Waals surface area contributed by atoms with Gasteiger partial charge in [-0.1, -0.05) is 24.3 Å². The maximum absolute atomic E-state index is 5.46. The zero-order valence-electron chi connectivity index (χ0n) is 17.0. The number of rotatable bonds is 5. The fourth-order valence-electron chi connectivity index (χ4n) is 4.47. The number of fused-ring (bicyclic) bond motifs is 1. The Bertz CT molecular complexity index is 961. The summed E-state index contributed by atoms with van der Waals surface area (Å²) in [5.74, 6) is 0.890. The van der Waals surface area contributed by atoms with Crippen LogP contribution in [0.2, 0.25) is 0 Å². The van der Waals surface area contributed by atoms with Crippen molar-refractivity contribution in [2.75, 3.05) is 25.1 Å². The third-order valence-corrected chi connectivity index (χ3v) is 6.34. The summed E-state index contributed by atoms with van der Waals surface area (Å²) in [5.41, 5.74) is 4.51. The molecule has 152 valence electrons. The summed E-state index contributed by atoms with van der Waals surface area (Å²) in [5, 5.41) is 12.1. The smallest absolute Gasteiger partial charge is 0.157 e. The summed E-state index contributed by atoms with van der Waals surface area (Å²) >= 11 is 0. The number of aromatic amines is 1. The SMILES string of the molecule is C[C@@H]1CCCN1Cc1ccc(-c2cnc3[nH]nc(NC4CCOCC4)c3c2)cc1. The first-order valence-electron chi connectivity index (χ1n) is 10.8. The molecule has 2 aliphatic rings. The monoisotopic (exact) mass is 391 g/mol. The number of ether oxygens (including phenoxy) is 1. The average molecular weight is 392 g/mol. The Kier molecular flexibility index (Phi) is 5.21. The summed E-state index contributed by atoms with van der Waals surface area (Å²) in [6.07, 6.45) is 6.59. The van der Waals surface area contributed by atoms with Gasteiger partial charge in [-0.05, 0) is 56.3 Å². The van der Waals surface area contributed by atoms with Crippen LogP contribution in [-0.4, -0.2) is 51.9 Å². The van der Waals surface area contributed by atoms with Crippen molar-refractivity contribution in [3.8, 4) is 11.1 Å². The van der Waals surface area contributed by atoms with Crippen LogP contribution in [0, 0.1) is 0 Å². The van der Waals surface area contributed by atoms with E-state index >= 15 is 0 Å². The lowest BCUT2D eigenvalue weighted by Gasteiger charge is -2.23. The van der Waals surface area contributed by atoms with Gasteiger partial charge in [0, 0.05) is 43.6 Å². The molecule has 6 heteroatoms. The fourth-order valence-corrected chi connectivity index (χ4v) is 4.47. The first kappa shape index (κ1) is 18.6. The highest BCUT2D eigenvalue weighted by Gasteiger charge is 2.20.